The van der Waals surface area contributed by atoms with E-state index in [1.54, 1.807) is 0 Å². The second-order valence-electron chi connectivity index (χ2n) is 8.43. The SMILES string of the molecule is COc1ccc(F)cc1C(C)(C)CC(O)(Cc1cc2cc([N+](=O)[O-])ccc2[nH]1)C(F)(F)F. The maximum absolute atomic E-state index is 14.1. The molecular weight excluding hydrogens is 432 g/mol. The number of nitro groups is 1. The van der Waals surface area contributed by atoms with E-state index in [1.165, 1.54) is 51.3 Å². The first-order valence-electron chi connectivity index (χ1n) is 9.65. The molecule has 0 spiro atoms. The summed E-state index contributed by atoms with van der Waals surface area (Å²) >= 11 is 0. The van der Waals surface area contributed by atoms with E-state index in [0.29, 0.717) is 10.9 Å². The number of halogens is 4. The molecule has 172 valence electrons. The Bertz CT molecular complexity index is 1160. The first-order valence-corrected chi connectivity index (χ1v) is 9.65. The molecule has 1 atom stereocenters. The van der Waals surface area contributed by atoms with Gasteiger partial charge in [0.15, 0.2) is 5.60 Å². The molecule has 0 aliphatic carbocycles. The van der Waals surface area contributed by atoms with Crippen LogP contribution >= 0.6 is 0 Å². The van der Waals surface area contributed by atoms with Crippen molar-refractivity contribution in [3.8, 4) is 5.75 Å². The van der Waals surface area contributed by atoms with Crippen LogP contribution < -0.4 is 4.74 Å². The molecule has 0 amide bonds. The Morgan fingerprint density at radius 1 is 1.12 bits per heavy atom. The van der Waals surface area contributed by atoms with Gasteiger partial charge in [-0.25, -0.2) is 4.39 Å². The summed E-state index contributed by atoms with van der Waals surface area (Å²) in [6, 6.07) is 8.76. The maximum atomic E-state index is 14.1. The number of H-pyrrole nitrogens is 1. The number of methoxy groups -OCH3 is 1. The number of fused-ring (bicyclic) bond motifs is 1. The van der Waals surface area contributed by atoms with E-state index in [2.05, 4.69) is 4.98 Å². The van der Waals surface area contributed by atoms with Gasteiger partial charge in [0.25, 0.3) is 5.69 Å². The number of ether oxygens (including phenoxy) is 1. The average Bonchev–Trinajstić information content (AvgIpc) is 3.07. The second kappa shape index (κ2) is 8.09. The molecule has 10 heteroatoms. The lowest BCUT2D eigenvalue weighted by atomic mass is 9.73. The summed E-state index contributed by atoms with van der Waals surface area (Å²) in [5.41, 5.74) is -4.03. The molecule has 0 saturated carbocycles. The van der Waals surface area contributed by atoms with Crippen molar-refractivity contribution in [2.24, 2.45) is 0 Å². The monoisotopic (exact) mass is 454 g/mol. The highest BCUT2D eigenvalue weighted by Gasteiger charge is 2.56. The Labute approximate surface area is 181 Å². The number of alkyl halides is 3. The number of hydrogen-bond acceptors (Lipinski definition) is 4. The summed E-state index contributed by atoms with van der Waals surface area (Å²) in [7, 11) is 1.33. The lowest BCUT2D eigenvalue weighted by Gasteiger charge is -2.38. The molecule has 1 aromatic heterocycles. The van der Waals surface area contributed by atoms with E-state index in [-0.39, 0.29) is 22.7 Å². The zero-order valence-corrected chi connectivity index (χ0v) is 17.6. The normalized spacial score (nSPS) is 14.4. The quantitative estimate of drug-likeness (QED) is 0.283. The molecule has 0 aliphatic rings. The van der Waals surface area contributed by atoms with E-state index in [1.807, 2.05) is 0 Å². The Kier molecular flexibility index (Phi) is 5.94. The topological polar surface area (TPSA) is 88.4 Å². The summed E-state index contributed by atoms with van der Waals surface area (Å²) in [4.78, 5) is 13.1. The van der Waals surface area contributed by atoms with Gasteiger partial charge < -0.3 is 14.8 Å². The number of aliphatic hydroxyl groups is 1. The third-order valence-electron chi connectivity index (χ3n) is 5.51. The van der Waals surface area contributed by atoms with Gasteiger partial charge in [-0.05, 0) is 42.2 Å². The summed E-state index contributed by atoms with van der Waals surface area (Å²) in [6.07, 6.45) is -6.60. The van der Waals surface area contributed by atoms with Gasteiger partial charge in [0, 0.05) is 40.7 Å². The fraction of sp³-hybridized carbons (Fsp3) is 0.364. The average molecular weight is 454 g/mol. The Morgan fingerprint density at radius 3 is 2.41 bits per heavy atom. The lowest BCUT2D eigenvalue weighted by Crippen LogP contribution is -2.51. The molecule has 1 heterocycles. The van der Waals surface area contributed by atoms with E-state index in [9.17, 15) is 32.8 Å². The molecule has 2 aromatic carbocycles. The summed E-state index contributed by atoms with van der Waals surface area (Å²) < 4.78 is 61.2. The van der Waals surface area contributed by atoms with Gasteiger partial charge in [-0.2, -0.15) is 13.2 Å². The van der Waals surface area contributed by atoms with Crippen LogP contribution in [0.3, 0.4) is 0 Å². The molecule has 32 heavy (non-hydrogen) atoms. The van der Waals surface area contributed by atoms with Crippen molar-refractivity contribution < 1.29 is 32.3 Å². The van der Waals surface area contributed by atoms with Crippen molar-refractivity contribution in [3.63, 3.8) is 0 Å². The molecule has 2 N–H and O–H groups in total. The van der Waals surface area contributed by atoms with Gasteiger partial charge in [-0.1, -0.05) is 13.8 Å². The molecule has 3 rings (SSSR count). The third-order valence-corrected chi connectivity index (χ3v) is 5.51. The molecule has 0 saturated heterocycles. The number of nitro benzene ring substituents is 1. The molecule has 0 fully saturated rings. The summed E-state index contributed by atoms with van der Waals surface area (Å²) in [6.45, 7) is 2.94. The van der Waals surface area contributed by atoms with Gasteiger partial charge in [-0.15, -0.1) is 0 Å². The standard InChI is InChI=1S/C22H22F4N2O4/c1-20(2,17-10-14(23)4-7-19(17)32-3)12-21(29,22(24,25)26)11-15-8-13-9-16(28(30)31)5-6-18(13)27-15/h4-10,27,29H,11-12H2,1-3H3. The van der Waals surface area contributed by atoms with Crippen molar-refractivity contribution in [2.75, 3.05) is 7.11 Å². The number of aromatic amines is 1. The second-order valence-corrected chi connectivity index (χ2v) is 8.43. The predicted molar refractivity (Wildman–Crippen MR) is 110 cm³/mol. The van der Waals surface area contributed by atoms with Crippen molar-refractivity contribution in [1.82, 2.24) is 4.98 Å². The van der Waals surface area contributed by atoms with Crippen LogP contribution in [0.5, 0.6) is 5.75 Å². The van der Waals surface area contributed by atoms with Crippen molar-refractivity contribution >= 4 is 16.6 Å². The van der Waals surface area contributed by atoms with E-state index < -0.39 is 40.8 Å². The number of benzene rings is 2. The van der Waals surface area contributed by atoms with Gasteiger partial charge in [0.2, 0.25) is 0 Å². The van der Waals surface area contributed by atoms with Gasteiger partial charge in [0.1, 0.15) is 11.6 Å². The fourth-order valence-electron chi connectivity index (χ4n) is 4.00. The lowest BCUT2D eigenvalue weighted by molar-refractivity contribution is -0.384. The van der Waals surface area contributed by atoms with Crippen LogP contribution in [0.25, 0.3) is 10.9 Å². The first kappa shape index (κ1) is 23.5. The fourth-order valence-corrected chi connectivity index (χ4v) is 4.00. The van der Waals surface area contributed by atoms with E-state index >= 15 is 0 Å². The number of nitrogens with zero attached hydrogens (tertiary/aromatic N) is 1. The Balaban J connectivity index is 1.99. The third kappa shape index (κ3) is 4.55. The predicted octanol–water partition coefficient (Wildman–Crippen LogP) is 5.43. The first-order chi connectivity index (χ1) is 14.8. The highest BCUT2D eigenvalue weighted by atomic mass is 19.4. The summed E-state index contributed by atoms with van der Waals surface area (Å²) in [5, 5.41) is 22.1. The molecule has 0 aliphatic heterocycles. The van der Waals surface area contributed by atoms with Crippen LogP contribution in [0.2, 0.25) is 0 Å². The Morgan fingerprint density at radius 2 is 1.81 bits per heavy atom. The highest BCUT2D eigenvalue weighted by molar-refractivity contribution is 5.82. The van der Waals surface area contributed by atoms with Crippen molar-refractivity contribution in [3.05, 3.63) is 69.7 Å². The molecule has 0 radical (unpaired) electrons. The zero-order chi connectivity index (χ0) is 23.9. The minimum Gasteiger partial charge on any atom is -0.496 e. The molecule has 3 aromatic rings. The van der Waals surface area contributed by atoms with E-state index in [0.717, 1.165) is 12.1 Å². The number of aromatic nitrogens is 1. The van der Waals surface area contributed by atoms with Crippen LogP contribution in [0, 0.1) is 15.9 Å². The van der Waals surface area contributed by atoms with Crippen LogP contribution in [-0.2, 0) is 11.8 Å². The summed E-state index contributed by atoms with van der Waals surface area (Å²) in [5.74, 6) is -0.430. The van der Waals surface area contributed by atoms with Crippen LogP contribution in [0.1, 0.15) is 31.5 Å². The number of nitrogens with one attached hydrogen (secondary N) is 1. The minimum atomic E-state index is -5.01. The molecule has 0 bridgehead atoms. The zero-order valence-electron chi connectivity index (χ0n) is 17.6. The smallest absolute Gasteiger partial charge is 0.417 e. The maximum Gasteiger partial charge on any atom is 0.417 e. The van der Waals surface area contributed by atoms with Crippen molar-refractivity contribution in [2.45, 2.75) is 43.9 Å². The van der Waals surface area contributed by atoms with Crippen LogP contribution in [0.4, 0.5) is 23.2 Å². The molecule has 6 nitrogen and oxygen atoms in total. The van der Waals surface area contributed by atoms with Gasteiger partial charge in [-0.3, -0.25) is 10.1 Å². The molecule has 1 unspecified atom stereocenters. The van der Waals surface area contributed by atoms with E-state index in [4.69, 9.17) is 4.74 Å². The van der Waals surface area contributed by atoms with Crippen molar-refractivity contribution in [1.29, 1.82) is 0 Å². The van der Waals surface area contributed by atoms with Crippen LogP contribution in [-0.4, -0.2) is 33.9 Å². The number of rotatable bonds is 7. The largest absolute Gasteiger partial charge is 0.496 e. The number of non-ortho nitro benzene ring substituents is 1. The van der Waals surface area contributed by atoms with Crippen LogP contribution in [0.15, 0.2) is 42.5 Å². The highest BCUT2D eigenvalue weighted by Crippen LogP contribution is 2.45. The Hall–Kier alpha value is -3.14. The van der Waals surface area contributed by atoms with Gasteiger partial charge >= 0.3 is 6.18 Å². The minimum absolute atomic E-state index is 0.0577. The van der Waals surface area contributed by atoms with Gasteiger partial charge in [0.05, 0.1) is 12.0 Å². The molecular formula is C22H22F4N2O4. The number of hydrogen-bond donors (Lipinski definition) is 2.